The first-order valence-corrected chi connectivity index (χ1v) is 14.2. The Balaban J connectivity index is 2.07. The molecule has 186 valence electrons. The minimum atomic E-state index is -2.75. The maximum absolute atomic E-state index is 11.7. The van der Waals surface area contributed by atoms with Gasteiger partial charge in [-0.1, -0.05) is 95.3 Å². The SMILES string of the molecule is CC1(C)O[C@@H](CC(C)(C)C(C)(C)O[Si](c2ccccc2)(c2ccccc2)C(C)(C)C)[C@@H](C=O)O1. The molecule has 4 nitrogen and oxygen atoms in total. The lowest BCUT2D eigenvalue weighted by molar-refractivity contribution is -0.154. The van der Waals surface area contributed by atoms with E-state index in [1.807, 2.05) is 13.8 Å². The van der Waals surface area contributed by atoms with Crippen LogP contribution in [0.15, 0.2) is 60.7 Å². The van der Waals surface area contributed by atoms with Gasteiger partial charge in [-0.2, -0.15) is 0 Å². The molecule has 0 saturated carbocycles. The molecule has 1 aliphatic heterocycles. The molecule has 0 aromatic heterocycles. The number of hydrogen-bond donors (Lipinski definition) is 0. The quantitative estimate of drug-likeness (QED) is 0.369. The lowest BCUT2D eigenvalue weighted by atomic mass is 9.73. The van der Waals surface area contributed by atoms with Gasteiger partial charge in [-0.3, -0.25) is 0 Å². The summed E-state index contributed by atoms with van der Waals surface area (Å²) in [5, 5.41) is 2.39. The van der Waals surface area contributed by atoms with Crippen LogP contribution in [0.5, 0.6) is 0 Å². The molecule has 0 amide bonds. The van der Waals surface area contributed by atoms with E-state index in [1.165, 1.54) is 10.4 Å². The highest BCUT2D eigenvalue weighted by atomic mass is 28.4. The van der Waals surface area contributed by atoms with Crippen LogP contribution in [0.2, 0.25) is 5.04 Å². The molecular formula is C29H42O4Si. The lowest BCUT2D eigenvalue weighted by Crippen LogP contribution is -2.70. The van der Waals surface area contributed by atoms with Crippen LogP contribution in [-0.2, 0) is 18.7 Å². The largest absolute Gasteiger partial charge is 0.402 e. The maximum Gasteiger partial charge on any atom is 0.261 e. The second-order valence-electron chi connectivity index (χ2n) is 12.1. The van der Waals surface area contributed by atoms with Crippen LogP contribution >= 0.6 is 0 Å². The minimum absolute atomic E-state index is 0.122. The van der Waals surface area contributed by atoms with Crippen molar-refractivity contribution in [1.29, 1.82) is 0 Å². The Morgan fingerprint density at radius 2 is 1.32 bits per heavy atom. The third-order valence-corrected chi connectivity index (χ3v) is 12.7. The van der Waals surface area contributed by atoms with Gasteiger partial charge in [-0.15, -0.1) is 0 Å². The fraction of sp³-hybridized carbons (Fsp3) is 0.552. The molecule has 1 saturated heterocycles. The summed E-state index contributed by atoms with van der Waals surface area (Å²) >= 11 is 0. The van der Waals surface area contributed by atoms with Crippen LogP contribution in [0, 0.1) is 5.41 Å². The van der Waals surface area contributed by atoms with Crippen LogP contribution < -0.4 is 10.4 Å². The van der Waals surface area contributed by atoms with Crippen molar-refractivity contribution in [2.75, 3.05) is 0 Å². The van der Waals surface area contributed by atoms with Gasteiger partial charge in [-0.25, -0.2) is 0 Å². The third-order valence-electron chi connectivity index (χ3n) is 7.52. The third kappa shape index (κ3) is 5.08. The van der Waals surface area contributed by atoms with Crippen molar-refractivity contribution in [2.45, 2.75) is 97.4 Å². The highest BCUT2D eigenvalue weighted by molar-refractivity contribution is 6.99. The molecule has 5 heteroatoms. The van der Waals surface area contributed by atoms with E-state index in [4.69, 9.17) is 13.9 Å². The molecule has 0 radical (unpaired) electrons. The normalized spacial score (nSPS) is 21.4. The van der Waals surface area contributed by atoms with E-state index in [0.717, 1.165) is 6.29 Å². The summed E-state index contributed by atoms with van der Waals surface area (Å²) in [7, 11) is -2.75. The molecule has 2 aromatic carbocycles. The van der Waals surface area contributed by atoms with Crippen molar-refractivity contribution in [2.24, 2.45) is 5.41 Å². The summed E-state index contributed by atoms with van der Waals surface area (Å²) in [6.45, 7) is 19.4. The molecular weight excluding hydrogens is 440 g/mol. The first-order valence-electron chi connectivity index (χ1n) is 12.3. The zero-order valence-electron chi connectivity index (χ0n) is 22.3. The molecule has 0 unspecified atom stereocenters. The summed E-state index contributed by atoms with van der Waals surface area (Å²) in [6.07, 6.45) is 0.624. The molecule has 3 rings (SSSR count). The number of ether oxygens (including phenoxy) is 2. The average Bonchev–Trinajstić information content (AvgIpc) is 3.04. The van der Waals surface area contributed by atoms with E-state index in [2.05, 4.69) is 109 Å². The van der Waals surface area contributed by atoms with Crippen molar-refractivity contribution < 1.29 is 18.7 Å². The van der Waals surface area contributed by atoms with Crippen molar-refractivity contribution >= 4 is 25.0 Å². The number of carbonyl (C=O) groups is 1. The van der Waals surface area contributed by atoms with Gasteiger partial charge >= 0.3 is 0 Å². The Morgan fingerprint density at radius 3 is 1.74 bits per heavy atom. The van der Waals surface area contributed by atoms with Crippen molar-refractivity contribution in [1.82, 2.24) is 0 Å². The Kier molecular flexibility index (Phi) is 7.37. The summed E-state index contributed by atoms with van der Waals surface area (Å²) in [5.41, 5.74) is -0.836. The number of aldehydes is 1. The minimum Gasteiger partial charge on any atom is -0.402 e. The summed E-state index contributed by atoms with van der Waals surface area (Å²) in [6, 6.07) is 21.4. The predicted octanol–water partition coefficient (Wildman–Crippen LogP) is 5.48. The first-order chi connectivity index (χ1) is 15.7. The summed E-state index contributed by atoms with van der Waals surface area (Å²) < 4.78 is 19.5. The van der Waals surface area contributed by atoms with E-state index >= 15 is 0 Å². The Bertz CT molecular complexity index is 921. The average molecular weight is 483 g/mol. The lowest BCUT2D eigenvalue weighted by Gasteiger charge is -2.53. The van der Waals surface area contributed by atoms with E-state index in [-0.39, 0.29) is 16.6 Å². The molecule has 2 atom stereocenters. The zero-order chi connectivity index (χ0) is 25.4. The van der Waals surface area contributed by atoms with Gasteiger partial charge < -0.3 is 18.7 Å². The molecule has 1 aliphatic rings. The van der Waals surface area contributed by atoms with Gasteiger partial charge in [0.1, 0.15) is 6.10 Å². The molecule has 0 aliphatic carbocycles. The Hall–Kier alpha value is -1.79. The second-order valence-corrected chi connectivity index (χ2v) is 16.4. The highest BCUT2D eigenvalue weighted by Gasteiger charge is 2.56. The van der Waals surface area contributed by atoms with Crippen molar-refractivity contribution in [3.05, 3.63) is 60.7 Å². The molecule has 1 heterocycles. The Morgan fingerprint density at radius 1 is 0.853 bits per heavy atom. The van der Waals surface area contributed by atoms with Crippen LogP contribution in [0.1, 0.15) is 68.7 Å². The molecule has 34 heavy (non-hydrogen) atoms. The Labute approximate surface area is 207 Å². The maximum atomic E-state index is 11.7. The molecule has 1 fully saturated rings. The number of hydrogen-bond acceptors (Lipinski definition) is 4. The van der Waals surface area contributed by atoms with E-state index < -0.39 is 25.8 Å². The van der Waals surface area contributed by atoms with Gasteiger partial charge in [0, 0.05) is 0 Å². The monoisotopic (exact) mass is 482 g/mol. The molecule has 0 bridgehead atoms. The number of benzene rings is 2. The number of rotatable bonds is 8. The molecule has 0 N–H and O–H groups in total. The van der Waals surface area contributed by atoms with Crippen molar-refractivity contribution in [3.8, 4) is 0 Å². The standard InChI is InChI=1S/C29H42O4Si/c1-26(2,3)34(22-16-12-10-13-17-22,23-18-14-11-15-19-23)33-28(6,7)27(4,5)20-24-25(21-30)32-29(8,9)31-24/h10-19,21,24-25H,20H2,1-9H3/t24-,25+/m0/s1. The second kappa shape index (κ2) is 9.34. The smallest absolute Gasteiger partial charge is 0.261 e. The van der Waals surface area contributed by atoms with Gasteiger partial charge in [-0.05, 0) is 54.9 Å². The van der Waals surface area contributed by atoms with Crippen LogP contribution in [0.3, 0.4) is 0 Å². The first kappa shape index (κ1) is 26.8. The van der Waals surface area contributed by atoms with Crippen molar-refractivity contribution in [3.63, 3.8) is 0 Å². The summed E-state index contributed by atoms with van der Waals surface area (Å²) in [5.74, 6) is -0.769. The van der Waals surface area contributed by atoms with E-state index in [0.29, 0.717) is 6.42 Å². The molecule has 2 aromatic rings. The predicted molar refractivity (Wildman–Crippen MR) is 141 cm³/mol. The zero-order valence-corrected chi connectivity index (χ0v) is 23.3. The van der Waals surface area contributed by atoms with E-state index in [9.17, 15) is 4.79 Å². The fourth-order valence-electron chi connectivity index (χ4n) is 5.06. The van der Waals surface area contributed by atoms with Crippen LogP contribution in [0.25, 0.3) is 0 Å². The fourth-order valence-corrected chi connectivity index (χ4v) is 10.0. The number of carbonyl (C=O) groups excluding carboxylic acids is 1. The van der Waals surface area contributed by atoms with Gasteiger partial charge in [0.25, 0.3) is 8.32 Å². The van der Waals surface area contributed by atoms with Gasteiger partial charge in [0.05, 0.1) is 11.7 Å². The summed E-state index contributed by atoms with van der Waals surface area (Å²) in [4.78, 5) is 11.7. The van der Waals surface area contributed by atoms with Crippen LogP contribution in [0.4, 0.5) is 0 Å². The van der Waals surface area contributed by atoms with Gasteiger partial charge in [0.15, 0.2) is 12.1 Å². The molecule has 0 spiro atoms. The van der Waals surface area contributed by atoms with Crippen LogP contribution in [-0.4, -0.2) is 38.2 Å². The topological polar surface area (TPSA) is 44.8 Å². The van der Waals surface area contributed by atoms with Gasteiger partial charge in [0.2, 0.25) is 0 Å². The van der Waals surface area contributed by atoms with E-state index in [1.54, 1.807) is 0 Å². The highest BCUT2D eigenvalue weighted by Crippen LogP contribution is 2.47.